The second kappa shape index (κ2) is 10.3. The van der Waals surface area contributed by atoms with Gasteiger partial charge >= 0.3 is 5.76 Å². The lowest BCUT2D eigenvalue weighted by Crippen LogP contribution is -2.20. The number of hydrogen-bond acceptors (Lipinski definition) is 6. The molecule has 38 heavy (non-hydrogen) atoms. The van der Waals surface area contributed by atoms with Crippen LogP contribution in [0.1, 0.15) is 40.9 Å². The molecule has 1 atom stereocenters. The molecule has 5 rings (SSSR count). The lowest BCUT2D eigenvalue weighted by molar-refractivity contribution is -0.117. The van der Waals surface area contributed by atoms with Gasteiger partial charge in [-0.15, -0.1) is 0 Å². The second-order valence-electron chi connectivity index (χ2n) is 8.58. The first-order chi connectivity index (χ1) is 18.5. The second-order valence-corrected chi connectivity index (χ2v) is 8.58. The normalized spacial score (nSPS) is 11.6. The molecule has 3 aromatic carbocycles. The van der Waals surface area contributed by atoms with E-state index in [0.29, 0.717) is 34.4 Å². The number of amides is 2. The Morgan fingerprint density at radius 1 is 1.00 bits per heavy atom. The van der Waals surface area contributed by atoms with Gasteiger partial charge in [-0.3, -0.25) is 19.1 Å². The highest BCUT2D eigenvalue weighted by atomic mass is 16.5. The molecule has 10 heteroatoms. The number of H-pyrrole nitrogens is 2. The van der Waals surface area contributed by atoms with Crippen molar-refractivity contribution < 1.29 is 14.1 Å². The highest BCUT2D eigenvalue weighted by Gasteiger charge is 2.21. The van der Waals surface area contributed by atoms with E-state index in [4.69, 9.17) is 0 Å². The molecule has 0 fully saturated rings. The van der Waals surface area contributed by atoms with Gasteiger partial charge in [0.1, 0.15) is 5.69 Å². The number of nitriles is 1. The number of carbonyl (C=O) groups is 2. The van der Waals surface area contributed by atoms with E-state index in [1.807, 2.05) is 49.4 Å². The smallest absolute Gasteiger partial charge is 0.349 e. The Labute approximate surface area is 216 Å². The molecule has 188 valence electrons. The molecule has 4 N–H and O–H groups in total. The van der Waals surface area contributed by atoms with Crippen LogP contribution in [0.2, 0.25) is 0 Å². The first kappa shape index (κ1) is 24.3. The molecule has 1 unspecified atom stereocenters. The maximum Gasteiger partial charge on any atom is 0.439 e. The summed E-state index contributed by atoms with van der Waals surface area (Å²) in [5.74, 6) is -1.61. The minimum Gasteiger partial charge on any atom is -0.349 e. The molecule has 0 bridgehead atoms. The van der Waals surface area contributed by atoms with Gasteiger partial charge in [0, 0.05) is 10.9 Å². The van der Waals surface area contributed by atoms with E-state index < -0.39 is 11.7 Å². The first-order valence-electron chi connectivity index (χ1n) is 11.9. The van der Waals surface area contributed by atoms with Crippen molar-refractivity contribution in [3.8, 4) is 17.5 Å². The van der Waals surface area contributed by atoms with Crippen molar-refractivity contribution in [3.63, 3.8) is 0 Å². The van der Waals surface area contributed by atoms with Crippen LogP contribution in [0.5, 0.6) is 0 Å². The Kier molecular flexibility index (Phi) is 6.57. The molecule has 2 heterocycles. The first-order valence-corrected chi connectivity index (χ1v) is 11.9. The van der Waals surface area contributed by atoms with E-state index in [9.17, 15) is 19.6 Å². The summed E-state index contributed by atoms with van der Waals surface area (Å²) in [6.45, 7) is 1.96. The fourth-order valence-electron chi connectivity index (χ4n) is 4.31. The third kappa shape index (κ3) is 4.81. The topological polar surface area (TPSA) is 157 Å². The van der Waals surface area contributed by atoms with Gasteiger partial charge in [0.05, 0.1) is 34.4 Å². The van der Waals surface area contributed by atoms with Gasteiger partial charge in [-0.05, 0) is 42.3 Å². The van der Waals surface area contributed by atoms with Gasteiger partial charge in [0.25, 0.3) is 5.91 Å². The standard InChI is InChI=1S/C28H22N6O4/c1-2-19(17-7-4-3-5-8-17)26(35)32-22-10-6-9-18-14-23(30-24(18)22)27(36)31-21-12-11-16(15-29)13-20(21)25-33-28(37)38-34-25/h3-14,19,30H,2H2,1H3,(H,31,36)(H,32,35)(H,33,34,37). The van der Waals surface area contributed by atoms with Crippen LogP contribution in [0.25, 0.3) is 22.3 Å². The van der Waals surface area contributed by atoms with Crippen molar-refractivity contribution >= 4 is 34.1 Å². The van der Waals surface area contributed by atoms with Gasteiger partial charge in [-0.25, -0.2) is 4.79 Å². The number of rotatable bonds is 7. The van der Waals surface area contributed by atoms with Crippen molar-refractivity contribution in [2.24, 2.45) is 0 Å². The van der Waals surface area contributed by atoms with Crippen LogP contribution >= 0.6 is 0 Å². The number of aromatic amines is 2. The number of nitrogens with zero attached hydrogens (tertiary/aromatic N) is 2. The number of para-hydroxylation sites is 1. The fourth-order valence-corrected chi connectivity index (χ4v) is 4.31. The average Bonchev–Trinajstić information content (AvgIpc) is 3.57. The molecule has 0 spiro atoms. The van der Waals surface area contributed by atoms with Crippen molar-refractivity contribution in [2.75, 3.05) is 10.6 Å². The number of anilines is 2. The van der Waals surface area contributed by atoms with Crippen LogP contribution in [-0.4, -0.2) is 26.9 Å². The number of hydrogen-bond donors (Lipinski definition) is 4. The minimum atomic E-state index is -0.762. The van der Waals surface area contributed by atoms with Crippen LogP contribution in [0, 0.1) is 11.3 Å². The minimum absolute atomic E-state index is 0.0768. The van der Waals surface area contributed by atoms with Crippen molar-refractivity contribution in [3.05, 3.63) is 100 Å². The van der Waals surface area contributed by atoms with Gasteiger partial charge < -0.3 is 15.6 Å². The van der Waals surface area contributed by atoms with Gasteiger partial charge in [0.2, 0.25) is 5.91 Å². The Hall–Kier alpha value is -5.43. The molecule has 0 saturated heterocycles. The van der Waals surface area contributed by atoms with Crippen LogP contribution in [-0.2, 0) is 4.79 Å². The van der Waals surface area contributed by atoms with E-state index in [1.165, 1.54) is 12.1 Å². The summed E-state index contributed by atoms with van der Waals surface area (Å²) in [7, 11) is 0. The molecule has 2 aromatic heterocycles. The van der Waals surface area contributed by atoms with E-state index >= 15 is 0 Å². The Balaban J connectivity index is 1.42. The van der Waals surface area contributed by atoms with E-state index in [2.05, 4.69) is 30.3 Å². The van der Waals surface area contributed by atoms with E-state index in [0.717, 1.165) is 10.9 Å². The largest absolute Gasteiger partial charge is 0.439 e. The number of nitrogens with one attached hydrogen (secondary N) is 4. The predicted molar refractivity (Wildman–Crippen MR) is 142 cm³/mol. The molecule has 0 aliphatic rings. The monoisotopic (exact) mass is 506 g/mol. The molecule has 5 aromatic rings. The molecule has 0 saturated carbocycles. The molecule has 2 amide bonds. The molecule has 0 aliphatic carbocycles. The average molecular weight is 507 g/mol. The quantitative estimate of drug-likeness (QED) is 0.249. The Morgan fingerprint density at radius 3 is 2.53 bits per heavy atom. The third-order valence-corrected chi connectivity index (χ3v) is 6.18. The van der Waals surface area contributed by atoms with Crippen LogP contribution in [0.15, 0.2) is 82.1 Å². The van der Waals surface area contributed by atoms with Crippen LogP contribution in [0.4, 0.5) is 11.4 Å². The SMILES string of the molecule is CCC(C(=O)Nc1cccc2cc(C(=O)Nc3ccc(C#N)cc3-c3noc(=O)[nH]3)[nH]c12)c1ccccc1. The summed E-state index contributed by atoms with van der Waals surface area (Å²) in [6.07, 6.45) is 0.633. The highest BCUT2D eigenvalue weighted by molar-refractivity contribution is 6.10. The third-order valence-electron chi connectivity index (χ3n) is 6.18. The van der Waals surface area contributed by atoms with Gasteiger partial charge in [0.15, 0.2) is 5.82 Å². The fraction of sp³-hybridized carbons (Fsp3) is 0.107. The zero-order valence-electron chi connectivity index (χ0n) is 20.2. The van der Waals surface area contributed by atoms with Crippen LogP contribution in [0.3, 0.4) is 0 Å². The molecular formula is C28H22N6O4. The molecule has 0 aliphatic heterocycles. The summed E-state index contributed by atoms with van der Waals surface area (Å²) in [6, 6.07) is 23.2. The maximum atomic E-state index is 13.2. The number of fused-ring (bicyclic) bond motifs is 1. The van der Waals surface area contributed by atoms with Crippen molar-refractivity contribution in [1.29, 1.82) is 5.26 Å². The molecule has 0 radical (unpaired) electrons. The zero-order valence-corrected chi connectivity index (χ0v) is 20.2. The summed E-state index contributed by atoms with van der Waals surface area (Å²) < 4.78 is 4.58. The van der Waals surface area contributed by atoms with Gasteiger partial charge in [-0.2, -0.15) is 5.26 Å². The molecular weight excluding hydrogens is 484 g/mol. The lowest BCUT2D eigenvalue weighted by Gasteiger charge is -2.16. The van der Waals surface area contributed by atoms with E-state index in [-0.39, 0.29) is 23.3 Å². The highest BCUT2D eigenvalue weighted by Crippen LogP contribution is 2.29. The number of benzene rings is 3. The number of aromatic nitrogens is 3. The molecule has 10 nitrogen and oxygen atoms in total. The van der Waals surface area contributed by atoms with E-state index in [1.54, 1.807) is 24.3 Å². The summed E-state index contributed by atoms with van der Waals surface area (Å²) in [4.78, 5) is 43.3. The maximum absolute atomic E-state index is 13.2. The Bertz CT molecular complexity index is 1740. The van der Waals surface area contributed by atoms with Crippen molar-refractivity contribution in [2.45, 2.75) is 19.3 Å². The Morgan fingerprint density at radius 2 is 1.82 bits per heavy atom. The van der Waals surface area contributed by atoms with Gasteiger partial charge in [-0.1, -0.05) is 54.5 Å². The summed E-state index contributed by atoms with van der Waals surface area (Å²) >= 11 is 0. The number of carbonyl (C=O) groups excluding carboxylic acids is 2. The van der Waals surface area contributed by atoms with Crippen LogP contribution < -0.4 is 16.4 Å². The lowest BCUT2D eigenvalue weighted by atomic mass is 9.95. The predicted octanol–water partition coefficient (Wildman–Crippen LogP) is 4.77. The summed E-state index contributed by atoms with van der Waals surface area (Å²) in [5.41, 5.74) is 3.29. The zero-order chi connectivity index (χ0) is 26.6. The summed E-state index contributed by atoms with van der Waals surface area (Å²) in [5, 5.41) is 19.4. The van der Waals surface area contributed by atoms with Crippen molar-refractivity contribution in [1.82, 2.24) is 15.1 Å².